The highest BCUT2D eigenvalue weighted by molar-refractivity contribution is 7.99. The van der Waals surface area contributed by atoms with Gasteiger partial charge in [-0.1, -0.05) is 23.9 Å². The number of nitrogens with zero attached hydrogens (tertiary/aromatic N) is 4. The highest BCUT2D eigenvalue weighted by atomic mass is 32.2. The van der Waals surface area contributed by atoms with Crippen LogP contribution in [-0.2, 0) is 0 Å². The van der Waals surface area contributed by atoms with E-state index >= 15 is 0 Å². The van der Waals surface area contributed by atoms with E-state index in [2.05, 4.69) is 9.97 Å². The van der Waals surface area contributed by atoms with Crippen molar-refractivity contribution in [3.63, 3.8) is 0 Å². The molecule has 4 rings (SSSR count). The lowest BCUT2D eigenvalue weighted by Crippen LogP contribution is -1.95. The summed E-state index contributed by atoms with van der Waals surface area (Å²) in [7, 11) is 0. The van der Waals surface area contributed by atoms with Crippen LogP contribution >= 0.6 is 11.8 Å². The Morgan fingerprint density at radius 2 is 1.96 bits per heavy atom. The summed E-state index contributed by atoms with van der Waals surface area (Å²) in [5, 5.41) is 13.6. The molecule has 0 fully saturated rings. The summed E-state index contributed by atoms with van der Waals surface area (Å²) >= 11 is 1.38. The molecular formula is C18H12N4O2S. The van der Waals surface area contributed by atoms with E-state index in [0.29, 0.717) is 10.6 Å². The van der Waals surface area contributed by atoms with E-state index in [1.165, 1.54) is 11.8 Å². The molecule has 25 heavy (non-hydrogen) atoms. The van der Waals surface area contributed by atoms with Gasteiger partial charge in [0.1, 0.15) is 0 Å². The summed E-state index contributed by atoms with van der Waals surface area (Å²) in [6, 6.07) is 13.0. The second-order valence-electron chi connectivity index (χ2n) is 5.33. The van der Waals surface area contributed by atoms with Crippen LogP contribution in [-0.4, -0.2) is 19.5 Å². The predicted molar refractivity (Wildman–Crippen MR) is 96.1 cm³/mol. The average molecular weight is 348 g/mol. The fraction of sp³-hybridized carbons (Fsp3) is 0. The van der Waals surface area contributed by atoms with E-state index < -0.39 is 0 Å². The van der Waals surface area contributed by atoms with Crippen LogP contribution in [0.15, 0.2) is 83.4 Å². The van der Waals surface area contributed by atoms with Crippen LogP contribution < -0.4 is 0 Å². The molecule has 6 nitrogen and oxygen atoms in total. The van der Waals surface area contributed by atoms with Crippen molar-refractivity contribution in [1.29, 1.82) is 0 Å². The van der Waals surface area contributed by atoms with Crippen LogP contribution in [0, 0.1) is 10.1 Å². The quantitative estimate of drug-likeness (QED) is 0.401. The van der Waals surface area contributed by atoms with Gasteiger partial charge in [-0.25, -0.2) is 4.98 Å². The van der Waals surface area contributed by atoms with Crippen molar-refractivity contribution >= 4 is 28.2 Å². The first-order valence-corrected chi connectivity index (χ1v) is 8.31. The van der Waals surface area contributed by atoms with Gasteiger partial charge in [0.15, 0.2) is 0 Å². The molecule has 2 heterocycles. The minimum absolute atomic E-state index is 0.0715. The van der Waals surface area contributed by atoms with Gasteiger partial charge in [0.2, 0.25) is 0 Å². The molecule has 0 bridgehead atoms. The van der Waals surface area contributed by atoms with Crippen LogP contribution in [0.4, 0.5) is 5.69 Å². The molecule has 2 aromatic carbocycles. The van der Waals surface area contributed by atoms with Crippen molar-refractivity contribution in [1.82, 2.24) is 14.5 Å². The maximum atomic E-state index is 11.6. The van der Waals surface area contributed by atoms with Gasteiger partial charge in [-0.3, -0.25) is 15.1 Å². The van der Waals surface area contributed by atoms with Gasteiger partial charge >= 0.3 is 0 Å². The molecule has 0 saturated heterocycles. The number of fused-ring (bicyclic) bond motifs is 1. The topological polar surface area (TPSA) is 73.8 Å². The highest BCUT2D eigenvalue weighted by Crippen LogP contribution is 2.38. The molecule has 0 unspecified atom stereocenters. The first kappa shape index (κ1) is 15.3. The second-order valence-corrected chi connectivity index (χ2v) is 6.42. The van der Waals surface area contributed by atoms with E-state index in [1.54, 1.807) is 47.8 Å². The van der Waals surface area contributed by atoms with Gasteiger partial charge < -0.3 is 4.57 Å². The summed E-state index contributed by atoms with van der Waals surface area (Å²) in [6.45, 7) is 0. The summed E-state index contributed by atoms with van der Waals surface area (Å²) in [5.41, 5.74) is 0.776. The third-order valence-corrected chi connectivity index (χ3v) is 4.94. The Morgan fingerprint density at radius 3 is 2.76 bits per heavy atom. The molecule has 0 radical (unpaired) electrons. The molecule has 0 aliphatic heterocycles. The van der Waals surface area contributed by atoms with Gasteiger partial charge in [0.25, 0.3) is 5.69 Å². The zero-order valence-electron chi connectivity index (χ0n) is 12.9. The van der Waals surface area contributed by atoms with E-state index in [4.69, 9.17) is 0 Å². The first-order valence-electron chi connectivity index (χ1n) is 7.50. The zero-order valence-corrected chi connectivity index (χ0v) is 13.8. The fourth-order valence-electron chi connectivity index (χ4n) is 2.61. The molecule has 122 valence electrons. The van der Waals surface area contributed by atoms with Crippen LogP contribution in [0.1, 0.15) is 0 Å². The molecule has 2 aromatic heterocycles. The molecular weight excluding hydrogens is 336 g/mol. The first-order chi connectivity index (χ1) is 12.2. The number of hydrogen-bond acceptors (Lipinski definition) is 5. The van der Waals surface area contributed by atoms with Crippen LogP contribution in [0.3, 0.4) is 0 Å². The van der Waals surface area contributed by atoms with Crippen LogP contribution in [0.5, 0.6) is 0 Å². The Kier molecular flexibility index (Phi) is 3.91. The van der Waals surface area contributed by atoms with E-state index in [0.717, 1.165) is 15.7 Å². The Balaban J connectivity index is 1.78. The third-order valence-electron chi connectivity index (χ3n) is 3.80. The molecule has 0 aliphatic carbocycles. The number of hydrogen-bond donors (Lipinski definition) is 0. The van der Waals surface area contributed by atoms with Crippen molar-refractivity contribution in [3.8, 4) is 5.69 Å². The monoisotopic (exact) mass is 348 g/mol. The number of benzene rings is 2. The zero-order chi connectivity index (χ0) is 17.2. The van der Waals surface area contributed by atoms with Crippen molar-refractivity contribution in [2.75, 3.05) is 0 Å². The molecule has 0 spiro atoms. The maximum absolute atomic E-state index is 11.6. The number of pyridine rings is 1. The SMILES string of the molecule is O=[N+]([O-])c1cc(-n2ccnc2)ccc1Sc1cccc2cnccc12. The van der Waals surface area contributed by atoms with Crippen LogP contribution in [0.25, 0.3) is 16.5 Å². The van der Waals surface area contributed by atoms with Gasteiger partial charge in [-0.2, -0.15) is 0 Å². The maximum Gasteiger partial charge on any atom is 0.285 e. The summed E-state index contributed by atoms with van der Waals surface area (Å²) in [4.78, 5) is 20.9. The molecule has 0 atom stereocenters. The summed E-state index contributed by atoms with van der Waals surface area (Å²) < 4.78 is 1.74. The van der Waals surface area contributed by atoms with E-state index in [1.807, 2.05) is 30.3 Å². The predicted octanol–water partition coefficient (Wildman–Crippen LogP) is 4.48. The van der Waals surface area contributed by atoms with Gasteiger partial charge in [0, 0.05) is 41.1 Å². The number of nitro benzene ring substituents is 1. The Bertz CT molecular complexity index is 1060. The number of nitro groups is 1. The molecule has 4 aromatic rings. The summed E-state index contributed by atoms with van der Waals surface area (Å²) in [5.74, 6) is 0. The summed E-state index contributed by atoms with van der Waals surface area (Å²) in [6.07, 6.45) is 8.52. The minimum atomic E-state index is -0.352. The second kappa shape index (κ2) is 6.37. The standard InChI is InChI=1S/C18H12N4O2S/c23-22(24)16-10-14(21-9-8-20-12-21)4-5-18(16)25-17-3-1-2-13-11-19-7-6-15(13)17/h1-12H. The smallest absolute Gasteiger partial charge is 0.285 e. The Morgan fingerprint density at radius 1 is 1.04 bits per heavy atom. The van der Waals surface area contributed by atoms with E-state index in [-0.39, 0.29) is 10.6 Å². The molecule has 0 aliphatic rings. The van der Waals surface area contributed by atoms with E-state index in [9.17, 15) is 10.1 Å². The van der Waals surface area contributed by atoms with Gasteiger partial charge in [0.05, 0.1) is 21.8 Å². The fourth-order valence-corrected chi connectivity index (χ4v) is 3.66. The molecule has 7 heteroatoms. The number of aromatic nitrogens is 3. The molecule has 0 amide bonds. The Hall–Kier alpha value is -3.19. The van der Waals surface area contributed by atoms with Crippen molar-refractivity contribution in [3.05, 3.63) is 83.7 Å². The van der Waals surface area contributed by atoms with Crippen molar-refractivity contribution in [2.24, 2.45) is 0 Å². The normalized spacial score (nSPS) is 10.9. The molecule has 0 N–H and O–H groups in total. The largest absolute Gasteiger partial charge is 0.306 e. The Labute approximate surface area is 147 Å². The lowest BCUT2D eigenvalue weighted by Gasteiger charge is -2.08. The van der Waals surface area contributed by atoms with Crippen molar-refractivity contribution in [2.45, 2.75) is 9.79 Å². The molecule has 0 saturated carbocycles. The number of rotatable bonds is 4. The minimum Gasteiger partial charge on any atom is -0.306 e. The van der Waals surface area contributed by atoms with Crippen LogP contribution in [0.2, 0.25) is 0 Å². The highest BCUT2D eigenvalue weighted by Gasteiger charge is 2.17. The third kappa shape index (κ3) is 2.97. The lowest BCUT2D eigenvalue weighted by molar-refractivity contribution is -0.387. The van der Waals surface area contributed by atoms with Gasteiger partial charge in [-0.15, -0.1) is 0 Å². The van der Waals surface area contributed by atoms with Crippen molar-refractivity contribution < 1.29 is 4.92 Å². The lowest BCUT2D eigenvalue weighted by atomic mass is 10.2. The van der Waals surface area contributed by atoms with Gasteiger partial charge in [-0.05, 0) is 29.7 Å². The number of imidazole rings is 1. The average Bonchev–Trinajstić information content (AvgIpc) is 3.17.